The van der Waals surface area contributed by atoms with Gasteiger partial charge in [0.05, 0.1) is 10.9 Å². The fourth-order valence-electron chi connectivity index (χ4n) is 2.91. The van der Waals surface area contributed by atoms with Crippen molar-refractivity contribution in [3.05, 3.63) is 52.6 Å². The largest absolute Gasteiger partial charge is 0.399 e. The minimum Gasteiger partial charge on any atom is -0.399 e. The van der Waals surface area contributed by atoms with Gasteiger partial charge in [-0.25, -0.2) is 4.98 Å². The Kier molecular flexibility index (Phi) is 2.81. The average molecular weight is 333 g/mol. The molecule has 0 bridgehead atoms. The maximum absolute atomic E-state index is 12.6. The van der Waals surface area contributed by atoms with E-state index in [1.54, 1.807) is 30.5 Å². The molecule has 5 rings (SSSR count). The second kappa shape index (κ2) is 5.04. The Morgan fingerprint density at radius 2 is 2.04 bits per heavy atom. The first-order valence-corrected chi connectivity index (χ1v) is 8.08. The van der Waals surface area contributed by atoms with Gasteiger partial charge in [0.15, 0.2) is 5.82 Å². The molecular weight excluding hydrogens is 318 g/mol. The second-order valence-corrected chi connectivity index (χ2v) is 6.28. The van der Waals surface area contributed by atoms with Gasteiger partial charge >= 0.3 is 0 Å². The Labute approximate surface area is 141 Å². The summed E-state index contributed by atoms with van der Waals surface area (Å²) in [5.41, 5.74) is 7.85. The molecule has 1 aliphatic carbocycles. The third-order valence-electron chi connectivity index (χ3n) is 4.38. The number of fused-ring (bicyclic) bond motifs is 2. The van der Waals surface area contributed by atoms with Gasteiger partial charge in [0.2, 0.25) is 5.78 Å². The Morgan fingerprint density at radius 1 is 1.16 bits per heavy atom. The molecule has 1 aliphatic rings. The topological polar surface area (TPSA) is 114 Å². The summed E-state index contributed by atoms with van der Waals surface area (Å²) in [5, 5.41) is 10.9. The molecule has 1 aromatic carbocycles. The highest BCUT2D eigenvalue weighted by Gasteiger charge is 2.25. The zero-order valence-electron chi connectivity index (χ0n) is 13.2. The summed E-state index contributed by atoms with van der Waals surface area (Å²) in [7, 11) is 0. The van der Waals surface area contributed by atoms with Gasteiger partial charge in [0.25, 0.3) is 5.56 Å². The van der Waals surface area contributed by atoms with Crippen LogP contribution in [0.15, 0.2) is 41.3 Å². The Hall–Kier alpha value is -3.42. The quantitative estimate of drug-likeness (QED) is 0.391. The van der Waals surface area contributed by atoms with Crippen molar-refractivity contribution in [2.45, 2.75) is 18.8 Å². The Morgan fingerprint density at radius 3 is 2.88 bits per heavy atom. The fraction of sp³-hybridized carbons (Fsp3) is 0.176. The molecule has 4 N–H and O–H groups in total. The van der Waals surface area contributed by atoms with Crippen LogP contribution in [0.3, 0.4) is 0 Å². The standard InChI is InChI=1S/C17H15N7O/c18-10-3-4-11-13(7-10)19-17-21-14(5-6-24(17)16(11)25)20-15-8-12(22-23-15)9-1-2-9/h3-9H,1-2,18H2,(H2,19,20,21,22,23). The van der Waals surface area contributed by atoms with E-state index in [1.807, 2.05) is 6.07 Å². The number of anilines is 3. The second-order valence-electron chi connectivity index (χ2n) is 6.28. The van der Waals surface area contributed by atoms with E-state index < -0.39 is 0 Å². The highest BCUT2D eigenvalue weighted by atomic mass is 16.1. The number of nitrogen functional groups attached to an aromatic ring is 1. The molecule has 0 atom stereocenters. The molecule has 3 aromatic heterocycles. The lowest BCUT2D eigenvalue weighted by Gasteiger charge is -2.06. The molecule has 0 spiro atoms. The van der Waals surface area contributed by atoms with Crippen LogP contribution in [-0.2, 0) is 0 Å². The highest BCUT2D eigenvalue weighted by Crippen LogP contribution is 2.39. The van der Waals surface area contributed by atoms with Crippen molar-refractivity contribution in [3.63, 3.8) is 0 Å². The van der Waals surface area contributed by atoms with Gasteiger partial charge in [-0.2, -0.15) is 10.1 Å². The highest BCUT2D eigenvalue weighted by molar-refractivity contribution is 5.82. The minimum atomic E-state index is -0.171. The van der Waals surface area contributed by atoms with E-state index in [1.165, 1.54) is 17.2 Å². The minimum absolute atomic E-state index is 0.171. The van der Waals surface area contributed by atoms with Crippen LogP contribution in [0.1, 0.15) is 24.5 Å². The number of aromatic nitrogens is 5. The first-order valence-electron chi connectivity index (χ1n) is 8.08. The molecule has 1 fully saturated rings. The van der Waals surface area contributed by atoms with E-state index in [4.69, 9.17) is 5.73 Å². The number of rotatable bonds is 3. The average Bonchev–Trinajstić information content (AvgIpc) is 3.34. The number of nitrogens with zero attached hydrogens (tertiary/aromatic N) is 4. The predicted octanol–water partition coefficient (Wildman–Crippen LogP) is 2.17. The summed E-state index contributed by atoms with van der Waals surface area (Å²) < 4.78 is 1.42. The number of benzene rings is 1. The molecule has 0 amide bonds. The normalized spacial score (nSPS) is 14.2. The van der Waals surface area contributed by atoms with Crippen LogP contribution in [0.25, 0.3) is 16.7 Å². The lowest BCUT2D eigenvalue weighted by atomic mass is 10.2. The molecule has 0 aliphatic heterocycles. The molecule has 124 valence electrons. The van der Waals surface area contributed by atoms with Gasteiger partial charge in [0.1, 0.15) is 5.82 Å². The van der Waals surface area contributed by atoms with Crippen LogP contribution in [0.2, 0.25) is 0 Å². The molecule has 0 radical (unpaired) electrons. The number of aromatic amines is 1. The molecule has 8 nitrogen and oxygen atoms in total. The van der Waals surface area contributed by atoms with E-state index in [0.717, 1.165) is 5.69 Å². The van der Waals surface area contributed by atoms with Crippen molar-refractivity contribution in [2.24, 2.45) is 0 Å². The zero-order valence-corrected chi connectivity index (χ0v) is 13.2. The first kappa shape index (κ1) is 14.0. The monoisotopic (exact) mass is 333 g/mol. The maximum Gasteiger partial charge on any atom is 0.266 e. The smallest absolute Gasteiger partial charge is 0.266 e. The molecule has 4 aromatic rings. The van der Waals surface area contributed by atoms with Crippen LogP contribution >= 0.6 is 0 Å². The van der Waals surface area contributed by atoms with E-state index in [2.05, 4.69) is 25.5 Å². The van der Waals surface area contributed by atoms with Crippen molar-refractivity contribution < 1.29 is 0 Å². The van der Waals surface area contributed by atoms with Gasteiger partial charge in [-0.05, 0) is 37.1 Å². The molecule has 0 unspecified atom stereocenters. The number of H-pyrrole nitrogens is 1. The van der Waals surface area contributed by atoms with E-state index in [9.17, 15) is 4.79 Å². The molecule has 3 heterocycles. The third-order valence-corrected chi connectivity index (χ3v) is 4.38. The predicted molar refractivity (Wildman–Crippen MR) is 95.0 cm³/mol. The van der Waals surface area contributed by atoms with Crippen LogP contribution in [0, 0.1) is 0 Å². The SMILES string of the molecule is Nc1ccc2c(=O)n3ccc(Nc4cc(C5CC5)[nH]n4)nc3nc2c1. The lowest BCUT2D eigenvalue weighted by Crippen LogP contribution is -2.16. The summed E-state index contributed by atoms with van der Waals surface area (Å²) >= 11 is 0. The Balaban J connectivity index is 1.57. The number of hydrogen-bond acceptors (Lipinski definition) is 6. The number of nitrogens with two attached hydrogens (primary N) is 1. The summed E-state index contributed by atoms with van der Waals surface area (Å²) in [6, 6.07) is 8.76. The van der Waals surface area contributed by atoms with E-state index in [0.29, 0.717) is 39.9 Å². The van der Waals surface area contributed by atoms with Crippen LogP contribution in [-0.4, -0.2) is 24.6 Å². The van der Waals surface area contributed by atoms with Gasteiger partial charge in [-0.3, -0.25) is 14.3 Å². The number of hydrogen-bond donors (Lipinski definition) is 3. The summed E-state index contributed by atoms with van der Waals surface area (Å²) in [6.07, 6.45) is 4.07. The molecule has 0 saturated heterocycles. The summed E-state index contributed by atoms with van der Waals surface area (Å²) in [5.74, 6) is 2.19. The van der Waals surface area contributed by atoms with Crippen LogP contribution in [0.5, 0.6) is 0 Å². The molecule has 8 heteroatoms. The van der Waals surface area contributed by atoms with Crippen LogP contribution < -0.4 is 16.6 Å². The first-order chi connectivity index (χ1) is 12.2. The van der Waals surface area contributed by atoms with Gasteiger partial charge < -0.3 is 11.1 Å². The molecule has 25 heavy (non-hydrogen) atoms. The Bertz CT molecular complexity index is 1170. The van der Waals surface area contributed by atoms with Gasteiger partial charge in [0, 0.05) is 29.6 Å². The van der Waals surface area contributed by atoms with Crippen molar-refractivity contribution in [3.8, 4) is 0 Å². The van der Waals surface area contributed by atoms with Crippen molar-refractivity contribution in [1.29, 1.82) is 0 Å². The van der Waals surface area contributed by atoms with Crippen LogP contribution in [0.4, 0.5) is 17.3 Å². The zero-order chi connectivity index (χ0) is 17.0. The van der Waals surface area contributed by atoms with Crippen molar-refractivity contribution >= 4 is 34.0 Å². The van der Waals surface area contributed by atoms with Crippen molar-refractivity contribution in [2.75, 3.05) is 11.1 Å². The van der Waals surface area contributed by atoms with Crippen molar-refractivity contribution in [1.82, 2.24) is 24.6 Å². The molecular formula is C17H15N7O. The van der Waals surface area contributed by atoms with E-state index in [-0.39, 0.29) is 5.56 Å². The van der Waals surface area contributed by atoms with Gasteiger partial charge in [-0.1, -0.05) is 0 Å². The third kappa shape index (κ3) is 2.38. The summed E-state index contributed by atoms with van der Waals surface area (Å²) in [4.78, 5) is 21.4. The lowest BCUT2D eigenvalue weighted by molar-refractivity contribution is 0.965. The molecule has 1 saturated carbocycles. The summed E-state index contributed by atoms with van der Waals surface area (Å²) in [6.45, 7) is 0. The number of nitrogens with one attached hydrogen (secondary N) is 2. The van der Waals surface area contributed by atoms with E-state index >= 15 is 0 Å². The van der Waals surface area contributed by atoms with Gasteiger partial charge in [-0.15, -0.1) is 0 Å². The fourth-order valence-corrected chi connectivity index (χ4v) is 2.91. The maximum atomic E-state index is 12.6.